The lowest BCUT2D eigenvalue weighted by Gasteiger charge is -1.98. The van der Waals surface area contributed by atoms with Crippen molar-refractivity contribution in [2.24, 2.45) is 0 Å². The zero-order valence-corrected chi connectivity index (χ0v) is 7.45. The van der Waals surface area contributed by atoms with Crippen LogP contribution in [0.15, 0.2) is 12.1 Å². The molecule has 0 aliphatic heterocycles. The molecule has 0 aliphatic rings. The zero-order valence-electron chi connectivity index (χ0n) is 6.69. The van der Waals surface area contributed by atoms with E-state index in [0.717, 1.165) is 6.07 Å². The molecule has 74 valence electrons. The van der Waals surface area contributed by atoms with Crippen molar-refractivity contribution < 1.29 is 13.2 Å². The lowest BCUT2D eigenvalue weighted by atomic mass is 10.2. The summed E-state index contributed by atoms with van der Waals surface area (Å²) < 4.78 is 37.7. The van der Waals surface area contributed by atoms with Gasteiger partial charge in [0.25, 0.3) is 6.43 Å². The van der Waals surface area contributed by atoms with Crippen molar-refractivity contribution in [3.05, 3.63) is 28.7 Å². The molecule has 0 saturated carbocycles. The molecule has 0 amide bonds. The van der Waals surface area contributed by atoms with Gasteiger partial charge in [-0.2, -0.15) is 5.10 Å². The molecule has 1 N–H and O–H groups in total. The van der Waals surface area contributed by atoms with Crippen LogP contribution in [0, 0.1) is 5.82 Å². The lowest BCUT2D eigenvalue weighted by Crippen LogP contribution is -1.86. The van der Waals surface area contributed by atoms with Gasteiger partial charge in [-0.25, -0.2) is 13.2 Å². The average molecular weight is 221 g/mol. The molecule has 0 spiro atoms. The van der Waals surface area contributed by atoms with Crippen LogP contribution in [0.2, 0.25) is 5.02 Å². The summed E-state index contributed by atoms with van der Waals surface area (Å²) in [5, 5.41) is 5.33. The first kappa shape index (κ1) is 9.33. The Kier molecular flexibility index (Phi) is 2.11. The molecule has 14 heavy (non-hydrogen) atoms. The van der Waals surface area contributed by atoms with E-state index in [4.69, 9.17) is 11.6 Å². The topological polar surface area (TPSA) is 28.7 Å². The number of nitrogens with one attached hydrogen (secondary N) is 1. The molecule has 0 atom stereocenters. The molecule has 2 aromatic rings. The van der Waals surface area contributed by atoms with E-state index in [1.165, 1.54) is 6.07 Å². The molecule has 0 saturated heterocycles. The predicted molar refractivity (Wildman–Crippen MR) is 46.0 cm³/mol. The Hall–Kier alpha value is -1.23. The molecule has 1 heterocycles. The minimum Gasteiger partial charge on any atom is -0.275 e. The van der Waals surface area contributed by atoms with Crippen LogP contribution < -0.4 is 0 Å². The third-order valence-corrected chi connectivity index (χ3v) is 2.23. The first-order chi connectivity index (χ1) is 6.61. The third kappa shape index (κ3) is 1.24. The average Bonchev–Trinajstić information content (AvgIpc) is 2.55. The summed E-state index contributed by atoms with van der Waals surface area (Å²) in [4.78, 5) is 0. The Balaban J connectivity index is 2.82. The Labute approximate surface area is 81.7 Å². The molecule has 1 aromatic heterocycles. The molecule has 1 aromatic carbocycles. The maximum atomic E-state index is 13.0. The Bertz CT molecular complexity index is 481. The number of alkyl halides is 2. The van der Waals surface area contributed by atoms with E-state index in [1.54, 1.807) is 0 Å². The van der Waals surface area contributed by atoms with Crippen molar-refractivity contribution in [2.45, 2.75) is 6.43 Å². The fraction of sp³-hybridized carbons (Fsp3) is 0.125. The maximum absolute atomic E-state index is 13.0. The number of H-pyrrole nitrogens is 1. The second-order valence-corrected chi connectivity index (χ2v) is 3.07. The van der Waals surface area contributed by atoms with Crippen LogP contribution in [0.3, 0.4) is 0 Å². The zero-order chi connectivity index (χ0) is 10.3. The molecule has 0 radical (unpaired) electrons. The largest absolute Gasteiger partial charge is 0.280 e. The normalized spacial score (nSPS) is 11.5. The third-order valence-electron chi connectivity index (χ3n) is 1.86. The highest BCUT2D eigenvalue weighted by Crippen LogP contribution is 2.32. The second kappa shape index (κ2) is 3.16. The summed E-state index contributed by atoms with van der Waals surface area (Å²) in [6, 6.07) is 2.37. The molecule has 0 fully saturated rings. The van der Waals surface area contributed by atoms with Gasteiger partial charge in [0.15, 0.2) is 0 Å². The van der Waals surface area contributed by atoms with Crippen LogP contribution in [0.1, 0.15) is 12.1 Å². The van der Waals surface area contributed by atoms with Crippen molar-refractivity contribution in [3.63, 3.8) is 0 Å². The number of aromatic amines is 1. The van der Waals surface area contributed by atoms with Crippen LogP contribution in [0.4, 0.5) is 13.2 Å². The number of hydrogen-bond donors (Lipinski definition) is 1. The fourth-order valence-electron chi connectivity index (χ4n) is 1.22. The van der Waals surface area contributed by atoms with Crippen LogP contribution in [-0.2, 0) is 0 Å². The molecule has 6 heteroatoms. The summed E-state index contributed by atoms with van der Waals surface area (Å²) in [6.45, 7) is 0. The number of benzene rings is 1. The van der Waals surface area contributed by atoms with Crippen molar-refractivity contribution in [1.29, 1.82) is 0 Å². The standard InChI is InChI=1S/C8H4ClF3N2/c9-6-3(10)1-2-4-5(6)7(8(11)12)14-13-4/h1-2,8H,(H,13,14). The van der Waals surface area contributed by atoms with Crippen LogP contribution in [0.5, 0.6) is 0 Å². The van der Waals surface area contributed by atoms with Gasteiger partial charge in [-0.3, -0.25) is 5.10 Å². The first-order valence-corrected chi connectivity index (χ1v) is 4.09. The van der Waals surface area contributed by atoms with E-state index in [2.05, 4.69) is 10.2 Å². The van der Waals surface area contributed by atoms with Crippen molar-refractivity contribution in [2.75, 3.05) is 0 Å². The SMILES string of the molecule is Fc1ccc2n[nH]c(C(F)F)c2c1Cl. The highest BCUT2D eigenvalue weighted by Gasteiger charge is 2.18. The van der Waals surface area contributed by atoms with Gasteiger partial charge < -0.3 is 0 Å². The van der Waals surface area contributed by atoms with Gasteiger partial charge in [0.2, 0.25) is 0 Å². The van der Waals surface area contributed by atoms with Crippen molar-refractivity contribution in [1.82, 2.24) is 10.2 Å². The minimum atomic E-state index is -2.75. The van der Waals surface area contributed by atoms with Gasteiger partial charge in [-0.1, -0.05) is 11.6 Å². The van der Waals surface area contributed by atoms with Gasteiger partial charge in [0.1, 0.15) is 11.5 Å². The number of aromatic nitrogens is 2. The molecule has 2 rings (SSSR count). The van der Waals surface area contributed by atoms with E-state index in [9.17, 15) is 13.2 Å². The number of fused-ring (bicyclic) bond motifs is 1. The molecule has 2 nitrogen and oxygen atoms in total. The first-order valence-electron chi connectivity index (χ1n) is 3.71. The van der Waals surface area contributed by atoms with Gasteiger partial charge in [0.05, 0.1) is 15.9 Å². The van der Waals surface area contributed by atoms with Gasteiger partial charge in [-0.15, -0.1) is 0 Å². The summed E-state index contributed by atoms with van der Waals surface area (Å²) in [6.07, 6.45) is -2.75. The fourth-order valence-corrected chi connectivity index (χ4v) is 1.49. The van der Waals surface area contributed by atoms with E-state index in [1.807, 2.05) is 0 Å². The number of halogens is 4. The van der Waals surface area contributed by atoms with E-state index < -0.39 is 17.9 Å². The molecular weight excluding hydrogens is 217 g/mol. The van der Waals surface area contributed by atoms with Crippen LogP contribution in [-0.4, -0.2) is 10.2 Å². The van der Waals surface area contributed by atoms with Crippen LogP contribution >= 0.6 is 11.6 Å². The maximum Gasteiger partial charge on any atom is 0.280 e. The predicted octanol–water partition coefficient (Wildman–Crippen LogP) is 3.29. The molecular formula is C8H4ClF3N2. The monoisotopic (exact) mass is 220 g/mol. The number of nitrogens with zero attached hydrogens (tertiary/aromatic N) is 1. The van der Waals surface area contributed by atoms with Gasteiger partial charge in [0, 0.05) is 0 Å². The highest BCUT2D eigenvalue weighted by atomic mass is 35.5. The molecule has 0 unspecified atom stereocenters. The lowest BCUT2D eigenvalue weighted by molar-refractivity contribution is 0.147. The quantitative estimate of drug-likeness (QED) is 0.785. The van der Waals surface area contributed by atoms with E-state index in [-0.39, 0.29) is 15.9 Å². The van der Waals surface area contributed by atoms with Crippen molar-refractivity contribution in [3.8, 4) is 0 Å². The summed E-state index contributed by atoms with van der Waals surface area (Å²) in [7, 11) is 0. The smallest absolute Gasteiger partial charge is 0.275 e. The summed E-state index contributed by atoms with van der Waals surface area (Å²) >= 11 is 5.55. The van der Waals surface area contributed by atoms with Gasteiger partial charge >= 0.3 is 0 Å². The van der Waals surface area contributed by atoms with Crippen molar-refractivity contribution >= 4 is 22.5 Å². The molecule has 0 bridgehead atoms. The number of rotatable bonds is 1. The van der Waals surface area contributed by atoms with E-state index in [0.29, 0.717) is 0 Å². The Morgan fingerprint density at radius 2 is 2.07 bits per heavy atom. The Morgan fingerprint density at radius 3 is 2.71 bits per heavy atom. The Morgan fingerprint density at radius 1 is 1.36 bits per heavy atom. The number of hydrogen-bond acceptors (Lipinski definition) is 1. The highest BCUT2D eigenvalue weighted by molar-refractivity contribution is 6.35. The minimum absolute atomic E-state index is 0.0540. The van der Waals surface area contributed by atoms with E-state index >= 15 is 0 Å². The summed E-state index contributed by atoms with van der Waals surface area (Å²) in [5.41, 5.74) is -0.226. The second-order valence-electron chi connectivity index (χ2n) is 2.69. The summed E-state index contributed by atoms with van der Waals surface area (Å²) in [5.74, 6) is -0.734. The van der Waals surface area contributed by atoms with Gasteiger partial charge in [-0.05, 0) is 12.1 Å². The molecule has 0 aliphatic carbocycles. The van der Waals surface area contributed by atoms with Crippen LogP contribution in [0.25, 0.3) is 10.9 Å².